The van der Waals surface area contributed by atoms with Crippen LogP contribution < -0.4 is 9.80 Å². The number of halogens is 3. The molecule has 1 aromatic heterocycles. The average molecular weight is 393 g/mol. The van der Waals surface area contributed by atoms with Gasteiger partial charge in [0.1, 0.15) is 17.5 Å². The number of rotatable bonds is 3. The third kappa shape index (κ3) is 4.18. The number of aryl methyl sites for hydroxylation is 1. The van der Waals surface area contributed by atoms with E-state index in [-0.39, 0.29) is 5.56 Å². The maximum absolute atomic E-state index is 13.2. The van der Waals surface area contributed by atoms with Crippen LogP contribution in [0.1, 0.15) is 21.7 Å². The van der Waals surface area contributed by atoms with Crippen molar-refractivity contribution in [3.63, 3.8) is 0 Å². The number of carbonyl (C=O) groups excluding carboxylic acids is 1. The normalized spacial score (nSPS) is 14.9. The van der Waals surface area contributed by atoms with Crippen LogP contribution in [0.2, 0.25) is 0 Å². The van der Waals surface area contributed by atoms with Crippen LogP contribution in [-0.2, 0) is 6.18 Å². The van der Waals surface area contributed by atoms with Crippen LogP contribution in [0.4, 0.5) is 24.8 Å². The van der Waals surface area contributed by atoms with Gasteiger partial charge in [0.05, 0.1) is 11.1 Å². The Morgan fingerprint density at radius 1 is 1.07 bits per heavy atom. The van der Waals surface area contributed by atoms with Gasteiger partial charge in [0.2, 0.25) is 0 Å². The molecule has 0 unspecified atom stereocenters. The van der Waals surface area contributed by atoms with Gasteiger partial charge in [-0.3, -0.25) is 4.79 Å². The number of benzene rings is 1. The summed E-state index contributed by atoms with van der Waals surface area (Å²) in [4.78, 5) is 26.9. The summed E-state index contributed by atoms with van der Waals surface area (Å²) >= 11 is 0. The summed E-state index contributed by atoms with van der Waals surface area (Å²) in [6, 6.07) is 6.77. The van der Waals surface area contributed by atoms with E-state index < -0.39 is 17.6 Å². The Labute approximate surface area is 161 Å². The Morgan fingerprint density at radius 3 is 2.32 bits per heavy atom. The number of piperazine rings is 1. The minimum absolute atomic E-state index is 0.309. The molecule has 150 valence electrons. The van der Waals surface area contributed by atoms with Gasteiger partial charge in [0.25, 0.3) is 5.91 Å². The van der Waals surface area contributed by atoms with Crippen molar-refractivity contribution in [2.75, 3.05) is 50.1 Å². The van der Waals surface area contributed by atoms with Crippen molar-refractivity contribution in [1.82, 2.24) is 14.9 Å². The van der Waals surface area contributed by atoms with Gasteiger partial charge < -0.3 is 14.7 Å². The molecule has 0 saturated carbocycles. The molecule has 1 aromatic carbocycles. The van der Waals surface area contributed by atoms with Crippen molar-refractivity contribution in [2.24, 2.45) is 0 Å². The molecule has 3 rings (SSSR count). The quantitative estimate of drug-likeness (QED) is 0.803. The van der Waals surface area contributed by atoms with Gasteiger partial charge >= 0.3 is 6.18 Å². The third-order valence-electron chi connectivity index (χ3n) is 4.62. The summed E-state index contributed by atoms with van der Waals surface area (Å²) in [5, 5.41) is 0. The average Bonchev–Trinajstić information content (AvgIpc) is 2.66. The highest BCUT2D eigenvalue weighted by Gasteiger charge is 2.36. The van der Waals surface area contributed by atoms with E-state index >= 15 is 0 Å². The molecule has 9 heteroatoms. The number of amides is 1. The molecule has 0 radical (unpaired) electrons. The van der Waals surface area contributed by atoms with E-state index in [4.69, 9.17) is 0 Å². The van der Waals surface area contributed by atoms with E-state index in [1.54, 1.807) is 0 Å². The van der Waals surface area contributed by atoms with E-state index in [0.29, 0.717) is 32.0 Å². The minimum atomic E-state index is -4.56. The lowest BCUT2D eigenvalue weighted by Crippen LogP contribution is -2.49. The molecular formula is C19H22F3N5O. The Morgan fingerprint density at radius 2 is 1.71 bits per heavy atom. The number of hydrogen-bond donors (Lipinski definition) is 0. The Bertz CT molecular complexity index is 861. The first-order valence-corrected chi connectivity index (χ1v) is 8.90. The predicted octanol–water partition coefficient (Wildman–Crippen LogP) is 2.83. The van der Waals surface area contributed by atoms with Gasteiger partial charge in [0, 0.05) is 46.3 Å². The van der Waals surface area contributed by atoms with Crippen molar-refractivity contribution in [1.29, 1.82) is 0 Å². The number of nitrogens with zero attached hydrogens (tertiary/aromatic N) is 5. The first-order chi connectivity index (χ1) is 13.2. The third-order valence-corrected chi connectivity index (χ3v) is 4.62. The molecule has 1 saturated heterocycles. The highest BCUT2D eigenvalue weighted by molar-refractivity contribution is 5.96. The molecule has 0 aliphatic carbocycles. The highest BCUT2D eigenvalue weighted by atomic mass is 19.4. The fourth-order valence-corrected chi connectivity index (χ4v) is 3.15. The minimum Gasteiger partial charge on any atom is -0.363 e. The standard InChI is InChI=1S/C19H22F3N5O/c1-13-23-16(25(2)3)12-17(24-13)26-8-10-27(11-9-26)18(28)14-6-4-5-7-15(14)19(20,21)22/h4-7,12H,8-11H2,1-3H3. The van der Waals surface area contributed by atoms with Gasteiger partial charge in [-0.05, 0) is 19.1 Å². The fourth-order valence-electron chi connectivity index (χ4n) is 3.15. The van der Waals surface area contributed by atoms with Crippen LogP contribution in [0.15, 0.2) is 30.3 Å². The first-order valence-electron chi connectivity index (χ1n) is 8.90. The van der Waals surface area contributed by atoms with Gasteiger partial charge in [-0.2, -0.15) is 13.2 Å². The Kier molecular flexibility index (Phi) is 5.44. The zero-order valence-corrected chi connectivity index (χ0v) is 16.0. The molecule has 1 aliphatic heterocycles. The monoisotopic (exact) mass is 393 g/mol. The lowest BCUT2D eigenvalue weighted by Gasteiger charge is -2.36. The molecular weight excluding hydrogens is 371 g/mol. The van der Waals surface area contributed by atoms with Crippen LogP contribution in [0, 0.1) is 6.92 Å². The van der Waals surface area contributed by atoms with E-state index in [0.717, 1.165) is 17.7 Å². The van der Waals surface area contributed by atoms with Crippen LogP contribution in [0.3, 0.4) is 0 Å². The smallest absolute Gasteiger partial charge is 0.363 e. The first kappa shape index (κ1) is 19.9. The molecule has 1 amide bonds. The molecule has 28 heavy (non-hydrogen) atoms. The maximum Gasteiger partial charge on any atom is 0.417 e. The largest absolute Gasteiger partial charge is 0.417 e. The molecule has 0 spiro atoms. The van der Waals surface area contributed by atoms with Crippen LogP contribution >= 0.6 is 0 Å². The molecule has 0 N–H and O–H groups in total. The molecule has 1 fully saturated rings. The topological polar surface area (TPSA) is 52.6 Å². The van der Waals surface area contributed by atoms with E-state index in [2.05, 4.69) is 9.97 Å². The Balaban J connectivity index is 1.74. The molecule has 2 aromatic rings. The van der Waals surface area contributed by atoms with Gasteiger partial charge in [-0.1, -0.05) is 12.1 Å². The van der Waals surface area contributed by atoms with Crippen LogP contribution in [0.25, 0.3) is 0 Å². The molecule has 1 aliphatic rings. The second-order valence-electron chi connectivity index (χ2n) is 6.85. The van der Waals surface area contributed by atoms with Crippen LogP contribution in [0.5, 0.6) is 0 Å². The molecule has 6 nitrogen and oxygen atoms in total. The van der Waals surface area contributed by atoms with Crippen LogP contribution in [-0.4, -0.2) is 61.0 Å². The van der Waals surface area contributed by atoms with Gasteiger partial charge in [0.15, 0.2) is 0 Å². The predicted molar refractivity (Wildman–Crippen MR) is 101 cm³/mol. The molecule has 0 atom stereocenters. The zero-order valence-electron chi connectivity index (χ0n) is 16.0. The summed E-state index contributed by atoms with van der Waals surface area (Å²) in [5.41, 5.74) is -1.21. The number of alkyl halides is 3. The lowest BCUT2D eigenvalue weighted by atomic mass is 10.1. The second-order valence-corrected chi connectivity index (χ2v) is 6.85. The lowest BCUT2D eigenvalue weighted by molar-refractivity contribution is -0.138. The van der Waals surface area contributed by atoms with E-state index in [1.165, 1.54) is 23.1 Å². The summed E-state index contributed by atoms with van der Waals surface area (Å²) in [6.07, 6.45) is -4.56. The highest BCUT2D eigenvalue weighted by Crippen LogP contribution is 2.32. The molecule has 0 bridgehead atoms. The van der Waals surface area contributed by atoms with Gasteiger partial charge in [-0.25, -0.2) is 9.97 Å². The zero-order chi connectivity index (χ0) is 20.5. The second kappa shape index (κ2) is 7.65. The SMILES string of the molecule is Cc1nc(N(C)C)cc(N2CCN(C(=O)c3ccccc3C(F)(F)F)CC2)n1. The van der Waals surface area contributed by atoms with Crippen molar-refractivity contribution in [2.45, 2.75) is 13.1 Å². The summed E-state index contributed by atoms with van der Waals surface area (Å²) in [5.74, 6) is 1.57. The van der Waals surface area contributed by atoms with Crippen molar-refractivity contribution in [3.8, 4) is 0 Å². The number of carbonyl (C=O) groups is 1. The van der Waals surface area contributed by atoms with Gasteiger partial charge in [-0.15, -0.1) is 0 Å². The molecule has 2 heterocycles. The summed E-state index contributed by atoms with van der Waals surface area (Å²) in [6.45, 7) is 3.44. The van der Waals surface area contributed by atoms with Crippen molar-refractivity contribution in [3.05, 3.63) is 47.3 Å². The fraction of sp³-hybridized carbons (Fsp3) is 0.421. The number of aromatic nitrogens is 2. The summed E-state index contributed by atoms with van der Waals surface area (Å²) < 4.78 is 39.6. The Hall–Kier alpha value is -2.84. The van der Waals surface area contributed by atoms with E-state index in [1.807, 2.05) is 36.9 Å². The van der Waals surface area contributed by atoms with Crippen molar-refractivity contribution >= 4 is 17.5 Å². The summed E-state index contributed by atoms with van der Waals surface area (Å²) in [7, 11) is 3.78. The van der Waals surface area contributed by atoms with Crippen molar-refractivity contribution < 1.29 is 18.0 Å². The van der Waals surface area contributed by atoms with E-state index in [9.17, 15) is 18.0 Å². The number of hydrogen-bond acceptors (Lipinski definition) is 5. The number of anilines is 2. The maximum atomic E-state index is 13.2.